The first kappa shape index (κ1) is 17.6. The van der Waals surface area contributed by atoms with E-state index in [9.17, 15) is 0 Å². The average molecular weight is 385 g/mol. The highest BCUT2D eigenvalue weighted by atomic mass is 15.3. The molecule has 1 saturated heterocycles. The molecule has 0 spiro atoms. The Morgan fingerprint density at radius 1 is 0.862 bits per heavy atom. The fourth-order valence-electron chi connectivity index (χ4n) is 3.80. The minimum atomic E-state index is 0.702. The van der Waals surface area contributed by atoms with Gasteiger partial charge in [-0.1, -0.05) is 35.9 Å². The van der Waals surface area contributed by atoms with E-state index in [1.165, 1.54) is 11.1 Å². The van der Waals surface area contributed by atoms with Gasteiger partial charge in [0.05, 0.1) is 18.1 Å². The summed E-state index contributed by atoms with van der Waals surface area (Å²) in [5.41, 5.74) is 3.35. The molecule has 0 unspecified atom stereocenters. The number of pyridine rings is 1. The summed E-state index contributed by atoms with van der Waals surface area (Å²) in [5.74, 6) is 2.00. The quantitative estimate of drug-likeness (QED) is 0.538. The molecule has 29 heavy (non-hydrogen) atoms. The van der Waals surface area contributed by atoms with Crippen LogP contribution < -0.4 is 9.80 Å². The number of hydrogen-bond donors (Lipinski definition) is 0. The van der Waals surface area contributed by atoms with Crippen LogP contribution in [-0.2, 0) is 6.54 Å². The number of hydrogen-bond acceptors (Lipinski definition) is 6. The predicted molar refractivity (Wildman–Crippen MR) is 114 cm³/mol. The minimum Gasteiger partial charge on any atom is -0.353 e. The molecule has 5 rings (SSSR count). The molecule has 3 aromatic heterocycles. The molecular formula is C22H23N7. The lowest BCUT2D eigenvalue weighted by molar-refractivity contribution is 0.643. The lowest BCUT2D eigenvalue weighted by Crippen LogP contribution is -2.47. The van der Waals surface area contributed by atoms with Crippen LogP contribution in [0.2, 0.25) is 0 Å². The second kappa shape index (κ2) is 7.50. The summed E-state index contributed by atoms with van der Waals surface area (Å²) < 4.78 is 1.95. The van der Waals surface area contributed by atoms with Crippen molar-refractivity contribution in [2.75, 3.05) is 36.0 Å². The number of benzene rings is 1. The maximum Gasteiger partial charge on any atom is 0.163 e. The zero-order chi connectivity index (χ0) is 19.6. The number of anilines is 2. The van der Waals surface area contributed by atoms with E-state index in [4.69, 9.17) is 0 Å². The number of nitrogens with zero attached hydrogens (tertiary/aromatic N) is 7. The molecular weight excluding hydrogens is 362 g/mol. The van der Waals surface area contributed by atoms with Gasteiger partial charge in [-0.3, -0.25) is 0 Å². The van der Waals surface area contributed by atoms with Gasteiger partial charge in [0.2, 0.25) is 0 Å². The van der Waals surface area contributed by atoms with E-state index in [1.54, 1.807) is 6.33 Å². The molecule has 7 heteroatoms. The zero-order valence-electron chi connectivity index (χ0n) is 16.4. The molecule has 1 aromatic carbocycles. The Balaban J connectivity index is 1.36. The molecule has 7 nitrogen and oxygen atoms in total. The Morgan fingerprint density at radius 3 is 2.41 bits per heavy atom. The molecule has 0 radical (unpaired) electrons. The molecule has 0 aliphatic carbocycles. The second-order valence-electron chi connectivity index (χ2n) is 7.38. The van der Waals surface area contributed by atoms with Gasteiger partial charge in [-0.2, -0.15) is 5.10 Å². The van der Waals surface area contributed by atoms with Crippen molar-refractivity contribution in [2.24, 2.45) is 0 Å². The minimum absolute atomic E-state index is 0.702. The van der Waals surface area contributed by atoms with Gasteiger partial charge in [-0.05, 0) is 24.6 Å². The van der Waals surface area contributed by atoms with Gasteiger partial charge in [-0.25, -0.2) is 19.6 Å². The number of aromatic nitrogens is 5. The van der Waals surface area contributed by atoms with Gasteiger partial charge in [0.1, 0.15) is 18.0 Å². The number of rotatable bonds is 4. The van der Waals surface area contributed by atoms with Crippen molar-refractivity contribution in [2.45, 2.75) is 13.5 Å². The van der Waals surface area contributed by atoms with E-state index >= 15 is 0 Å². The summed E-state index contributed by atoms with van der Waals surface area (Å²) in [6, 6.07) is 14.6. The molecule has 146 valence electrons. The lowest BCUT2D eigenvalue weighted by Gasteiger charge is -2.36. The second-order valence-corrected chi connectivity index (χ2v) is 7.38. The predicted octanol–water partition coefficient (Wildman–Crippen LogP) is 2.90. The maximum absolute atomic E-state index is 4.60. The lowest BCUT2D eigenvalue weighted by atomic mass is 10.1. The summed E-state index contributed by atoms with van der Waals surface area (Å²) in [6.07, 6.45) is 5.39. The molecule has 0 amide bonds. The van der Waals surface area contributed by atoms with E-state index in [-0.39, 0.29) is 0 Å². The van der Waals surface area contributed by atoms with Crippen LogP contribution in [0.5, 0.6) is 0 Å². The number of aryl methyl sites for hydroxylation is 1. The van der Waals surface area contributed by atoms with E-state index in [1.807, 2.05) is 29.2 Å². The molecule has 0 bridgehead atoms. The normalized spacial score (nSPS) is 14.5. The van der Waals surface area contributed by atoms with E-state index in [2.05, 4.69) is 67.1 Å². The SMILES string of the molecule is Cc1ccc(Cn2ncc3c(N4CCN(c5ccccn5)CC4)ncnc32)cc1. The Hall–Kier alpha value is -3.48. The van der Waals surface area contributed by atoms with Crippen LogP contribution in [0.15, 0.2) is 61.2 Å². The summed E-state index contributed by atoms with van der Waals surface area (Å²) >= 11 is 0. The summed E-state index contributed by atoms with van der Waals surface area (Å²) in [4.78, 5) is 18.2. The molecule has 4 aromatic rings. The molecule has 0 saturated carbocycles. The van der Waals surface area contributed by atoms with Gasteiger partial charge in [0.25, 0.3) is 0 Å². The van der Waals surface area contributed by atoms with Crippen molar-refractivity contribution in [3.8, 4) is 0 Å². The van der Waals surface area contributed by atoms with E-state index in [0.29, 0.717) is 6.54 Å². The third-order valence-corrected chi connectivity index (χ3v) is 5.42. The van der Waals surface area contributed by atoms with Crippen LogP contribution in [0, 0.1) is 6.92 Å². The molecule has 4 heterocycles. The van der Waals surface area contributed by atoms with Crippen molar-refractivity contribution in [3.63, 3.8) is 0 Å². The standard InChI is InChI=1S/C22H23N7/c1-17-5-7-18(8-6-17)15-29-22-19(14-26-29)21(24-16-25-22)28-12-10-27(11-13-28)20-4-2-3-9-23-20/h2-9,14,16H,10-13,15H2,1H3. The molecule has 0 atom stereocenters. The van der Waals surface area contributed by atoms with E-state index in [0.717, 1.165) is 48.8 Å². The Morgan fingerprint density at radius 2 is 1.66 bits per heavy atom. The smallest absolute Gasteiger partial charge is 0.163 e. The Kier molecular flexibility index (Phi) is 4.56. The third-order valence-electron chi connectivity index (χ3n) is 5.42. The third kappa shape index (κ3) is 3.51. The van der Waals surface area contributed by atoms with Gasteiger partial charge in [-0.15, -0.1) is 0 Å². The largest absolute Gasteiger partial charge is 0.353 e. The van der Waals surface area contributed by atoms with Crippen LogP contribution in [0.1, 0.15) is 11.1 Å². The highest BCUT2D eigenvalue weighted by Gasteiger charge is 2.22. The van der Waals surface area contributed by atoms with Crippen molar-refractivity contribution < 1.29 is 0 Å². The van der Waals surface area contributed by atoms with Crippen molar-refractivity contribution >= 4 is 22.7 Å². The van der Waals surface area contributed by atoms with Crippen LogP contribution in [-0.4, -0.2) is 50.9 Å². The Bertz CT molecular complexity index is 1100. The molecule has 1 fully saturated rings. The monoisotopic (exact) mass is 385 g/mol. The highest BCUT2D eigenvalue weighted by Crippen LogP contribution is 2.25. The fourth-order valence-corrected chi connectivity index (χ4v) is 3.80. The first-order valence-corrected chi connectivity index (χ1v) is 9.91. The van der Waals surface area contributed by atoms with Gasteiger partial charge >= 0.3 is 0 Å². The van der Waals surface area contributed by atoms with Crippen LogP contribution in [0.4, 0.5) is 11.6 Å². The first-order valence-electron chi connectivity index (χ1n) is 9.91. The van der Waals surface area contributed by atoms with Gasteiger partial charge in [0, 0.05) is 32.4 Å². The van der Waals surface area contributed by atoms with Gasteiger partial charge in [0.15, 0.2) is 5.65 Å². The highest BCUT2D eigenvalue weighted by molar-refractivity contribution is 5.86. The van der Waals surface area contributed by atoms with Crippen molar-refractivity contribution in [1.29, 1.82) is 0 Å². The summed E-state index contributed by atoms with van der Waals surface area (Å²) in [6.45, 7) is 6.42. The molecule has 1 aliphatic heterocycles. The fraction of sp³-hybridized carbons (Fsp3) is 0.273. The van der Waals surface area contributed by atoms with Crippen LogP contribution >= 0.6 is 0 Å². The molecule has 0 N–H and O–H groups in total. The molecule has 1 aliphatic rings. The summed E-state index contributed by atoms with van der Waals surface area (Å²) in [7, 11) is 0. The maximum atomic E-state index is 4.60. The van der Waals surface area contributed by atoms with Crippen LogP contribution in [0.3, 0.4) is 0 Å². The van der Waals surface area contributed by atoms with E-state index < -0.39 is 0 Å². The topological polar surface area (TPSA) is 63.0 Å². The zero-order valence-corrected chi connectivity index (χ0v) is 16.4. The number of fused-ring (bicyclic) bond motifs is 1. The number of piperazine rings is 1. The Labute approximate surface area is 169 Å². The van der Waals surface area contributed by atoms with Crippen LogP contribution in [0.25, 0.3) is 11.0 Å². The van der Waals surface area contributed by atoms with Crippen molar-refractivity contribution in [1.82, 2.24) is 24.7 Å². The summed E-state index contributed by atoms with van der Waals surface area (Å²) in [5, 5.41) is 5.60. The van der Waals surface area contributed by atoms with Gasteiger partial charge < -0.3 is 9.80 Å². The van der Waals surface area contributed by atoms with Crippen molar-refractivity contribution in [3.05, 3.63) is 72.3 Å². The first-order chi connectivity index (χ1) is 14.3. The average Bonchev–Trinajstić information content (AvgIpc) is 3.19.